The average Bonchev–Trinajstić information content (AvgIpc) is 2.26. The Morgan fingerprint density at radius 3 is 3.07 bits per heavy atom. The van der Waals surface area contributed by atoms with E-state index in [0.29, 0.717) is 12.3 Å². The summed E-state index contributed by atoms with van der Waals surface area (Å²) < 4.78 is 5.07. The Morgan fingerprint density at radius 2 is 2.40 bits per heavy atom. The van der Waals surface area contributed by atoms with Crippen molar-refractivity contribution >= 4 is 6.08 Å². The summed E-state index contributed by atoms with van der Waals surface area (Å²) in [5.74, 6) is 0.728. The highest BCUT2D eigenvalue weighted by Gasteiger charge is 1.99. The molecule has 0 saturated heterocycles. The van der Waals surface area contributed by atoms with Gasteiger partial charge in [-0.1, -0.05) is 17.3 Å². The third kappa shape index (κ3) is 3.25. The molecule has 5 heteroatoms. The molecule has 1 N–H and O–H groups in total. The fourth-order valence-electron chi connectivity index (χ4n) is 1.10. The number of hydrogen-bond acceptors (Lipinski definition) is 3. The molecule has 5 nitrogen and oxygen atoms in total. The minimum atomic E-state index is 0.152. The van der Waals surface area contributed by atoms with Crippen molar-refractivity contribution < 1.29 is 9.84 Å². The van der Waals surface area contributed by atoms with Gasteiger partial charge in [-0.25, -0.2) is 0 Å². The second kappa shape index (κ2) is 5.57. The van der Waals surface area contributed by atoms with Crippen LogP contribution in [-0.4, -0.2) is 18.8 Å². The van der Waals surface area contributed by atoms with Crippen LogP contribution < -0.4 is 4.74 Å². The Labute approximate surface area is 87.2 Å². The minimum absolute atomic E-state index is 0.152. The van der Waals surface area contributed by atoms with Crippen LogP contribution >= 0.6 is 0 Å². The van der Waals surface area contributed by atoms with Gasteiger partial charge in [0.25, 0.3) is 0 Å². The van der Waals surface area contributed by atoms with E-state index in [1.54, 1.807) is 24.3 Å². The summed E-state index contributed by atoms with van der Waals surface area (Å²) in [6.45, 7) is 0.292. The molecule has 0 aromatic heterocycles. The van der Waals surface area contributed by atoms with Gasteiger partial charge in [0.1, 0.15) is 11.5 Å². The molecule has 0 heterocycles. The van der Waals surface area contributed by atoms with E-state index in [2.05, 4.69) is 10.0 Å². The van der Waals surface area contributed by atoms with Gasteiger partial charge in [-0.05, 0) is 17.7 Å². The van der Waals surface area contributed by atoms with E-state index in [4.69, 9.17) is 10.3 Å². The summed E-state index contributed by atoms with van der Waals surface area (Å²) in [6, 6.07) is 4.81. The van der Waals surface area contributed by atoms with E-state index in [9.17, 15) is 5.11 Å². The van der Waals surface area contributed by atoms with Crippen LogP contribution in [0.1, 0.15) is 5.56 Å². The smallest absolute Gasteiger partial charge is 0.129 e. The Bertz CT molecular complexity index is 409. The van der Waals surface area contributed by atoms with Crippen molar-refractivity contribution in [3.63, 3.8) is 0 Å². The normalized spacial score (nSPS) is 9.93. The van der Waals surface area contributed by atoms with Crippen molar-refractivity contribution in [2.45, 2.75) is 0 Å². The van der Waals surface area contributed by atoms with Gasteiger partial charge in [0, 0.05) is 23.1 Å². The van der Waals surface area contributed by atoms with Crippen LogP contribution in [0.2, 0.25) is 0 Å². The van der Waals surface area contributed by atoms with Crippen LogP contribution in [0, 0.1) is 0 Å². The molecular formula is C10H11N3O2. The molecule has 1 aromatic rings. The van der Waals surface area contributed by atoms with Crippen molar-refractivity contribution in [2.24, 2.45) is 5.11 Å². The molecule has 0 spiro atoms. The fourth-order valence-corrected chi connectivity index (χ4v) is 1.10. The van der Waals surface area contributed by atoms with E-state index in [-0.39, 0.29) is 5.75 Å². The first-order chi connectivity index (χ1) is 7.27. The summed E-state index contributed by atoms with van der Waals surface area (Å²) in [7, 11) is 1.53. The maximum Gasteiger partial charge on any atom is 0.129 e. The maximum absolute atomic E-state index is 9.21. The highest BCUT2D eigenvalue weighted by Crippen LogP contribution is 2.24. The molecule has 0 aliphatic heterocycles. The summed E-state index contributed by atoms with van der Waals surface area (Å²) in [6.07, 6.45) is 3.49. The van der Waals surface area contributed by atoms with Crippen molar-refractivity contribution in [1.82, 2.24) is 0 Å². The zero-order valence-electron chi connectivity index (χ0n) is 8.29. The molecular weight excluding hydrogens is 194 g/mol. The van der Waals surface area contributed by atoms with Gasteiger partial charge in [-0.15, -0.1) is 0 Å². The number of hydrogen-bond donors (Lipinski definition) is 1. The van der Waals surface area contributed by atoms with Gasteiger partial charge in [0.2, 0.25) is 0 Å². The summed E-state index contributed by atoms with van der Waals surface area (Å²) in [5.41, 5.74) is 8.89. The third-order valence-corrected chi connectivity index (χ3v) is 1.76. The SMILES string of the molecule is COc1cc(O)ccc1C=CCN=[N+]=[N-]. The second-order valence-corrected chi connectivity index (χ2v) is 2.74. The number of benzene rings is 1. The van der Waals surface area contributed by atoms with Crippen molar-refractivity contribution in [3.05, 3.63) is 40.3 Å². The van der Waals surface area contributed by atoms with Crippen LogP contribution in [0.5, 0.6) is 11.5 Å². The molecule has 0 saturated carbocycles. The molecule has 0 atom stereocenters. The predicted octanol–water partition coefficient (Wildman–Crippen LogP) is 2.72. The quantitative estimate of drug-likeness (QED) is 0.466. The number of azide groups is 1. The first kappa shape index (κ1) is 10.9. The molecule has 15 heavy (non-hydrogen) atoms. The van der Waals surface area contributed by atoms with E-state index < -0.39 is 0 Å². The topological polar surface area (TPSA) is 78.2 Å². The number of nitrogens with zero attached hydrogens (tertiary/aromatic N) is 3. The molecule has 0 unspecified atom stereocenters. The second-order valence-electron chi connectivity index (χ2n) is 2.74. The Hall–Kier alpha value is -2.13. The van der Waals surface area contributed by atoms with Gasteiger partial charge < -0.3 is 9.84 Å². The van der Waals surface area contributed by atoms with E-state index in [1.807, 2.05) is 0 Å². The zero-order valence-corrected chi connectivity index (χ0v) is 8.29. The molecule has 1 rings (SSSR count). The van der Waals surface area contributed by atoms with Crippen molar-refractivity contribution in [1.29, 1.82) is 0 Å². The molecule has 78 valence electrons. The van der Waals surface area contributed by atoms with Gasteiger partial charge in [-0.3, -0.25) is 0 Å². The van der Waals surface area contributed by atoms with E-state index >= 15 is 0 Å². The number of phenolic OH excluding ortho intramolecular Hbond substituents is 1. The van der Waals surface area contributed by atoms with Crippen molar-refractivity contribution in [2.75, 3.05) is 13.7 Å². The van der Waals surface area contributed by atoms with Gasteiger partial charge in [0.05, 0.1) is 7.11 Å². The van der Waals surface area contributed by atoms with Crippen LogP contribution in [0.4, 0.5) is 0 Å². The van der Waals surface area contributed by atoms with Gasteiger partial charge in [-0.2, -0.15) is 0 Å². The highest BCUT2D eigenvalue weighted by atomic mass is 16.5. The molecule has 0 aliphatic carbocycles. The maximum atomic E-state index is 9.21. The first-order valence-corrected chi connectivity index (χ1v) is 4.32. The molecule has 0 amide bonds. The van der Waals surface area contributed by atoms with Crippen LogP contribution in [0.15, 0.2) is 29.4 Å². The largest absolute Gasteiger partial charge is 0.508 e. The molecule has 1 aromatic carbocycles. The van der Waals surface area contributed by atoms with Crippen LogP contribution in [0.3, 0.4) is 0 Å². The number of phenols is 1. The fraction of sp³-hybridized carbons (Fsp3) is 0.200. The third-order valence-electron chi connectivity index (χ3n) is 1.76. The molecule has 0 bridgehead atoms. The lowest BCUT2D eigenvalue weighted by atomic mass is 10.2. The molecule has 0 fully saturated rings. The lowest BCUT2D eigenvalue weighted by molar-refractivity contribution is 0.407. The lowest BCUT2D eigenvalue weighted by Gasteiger charge is -2.04. The number of ether oxygens (including phenoxy) is 1. The number of methoxy groups -OCH3 is 1. The van der Waals surface area contributed by atoms with Crippen LogP contribution in [-0.2, 0) is 0 Å². The molecule has 0 aliphatic rings. The highest BCUT2D eigenvalue weighted by molar-refractivity contribution is 5.59. The monoisotopic (exact) mass is 205 g/mol. The summed E-state index contributed by atoms with van der Waals surface area (Å²) >= 11 is 0. The molecule has 0 radical (unpaired) electrons. The van der Waals surface area contributed by atoms with Gasteiger partial charge >= 0.3 is 0 Å². The Kier molecular flexibility index (Phi) is 4.06. The van der Waals surface area contributed by atoms with E-state index in [1.165, 1.54) is 13.2 Å². The van der Waals surface area contributed by atoms with Crippen LogP contribution in [0.25, 0.3) is 16.5 Å². The Morgan fingerprint density at radius 1 is 1.60 bits per heavy atom. The van der Waals surface area contributed by atoms with Gasteiger partial charge in [0.15, 0.2) is 0 Å². The number of rotatable bonds is 4. The lowest BCUT2D eigenvalue weighted by Crippen LogP contribution is -1.86. The summed E-state index contributed by atoms with van der Waals surface area (Å²) in [4.78, 5) is 2.63. The first-order valence-electron chi connectivity index (χ1n) is 4.32. The standard InChI is InChI=1S/C10H11N3O2/c1-15-10-7-9(14)5-4-8(10)3-2-6-12-13-11/h2-5,7,14H,6H2,1H3. The van der Waals surface area contributed by atoms with Crippen molar-refractivity contribution in [3.8, 4) is 11.5 Å². The minimum Gasteiger partial charge on any atom is -0.508 e. The Balaban J connectivity index is 2.84. The number of aromatic hydroxyl groups is 1. The van der Waals surface area contributed by atoms with E-state index in [0.717, 1.165) is 5.56 Å². The summed E-state index contributed by atoms with van der Waals surface area (Å²) in [5, 5.41) is 12.6. The zero-order chi connectivity index (χ0) is 11.1. The average molecular weight is 205 g/mol. The predicted molar refractivity (Wildman–Crippen MR) is 57.7 cm³/mol.